The van der Waals surface area contributed by atoms with E-state index in [4.69, 9.17) is 0 Å². The summed E-state index contributed by atoms with van der Waals surface area (Å²) >= 11 is 1.64. The lowest BCUT2D eigenvalue weighted by Gasteiger charge is -2.21. The van der Waals surface area contributed by atoms with Gasteiger partial charge in [0.2, 0.25) is 5.91 Å². The van der Waals surface area contributed by atoms with Gasteiger partial charge in [-0.1, -0.05) is 26.0 Å². The van der Waals surface area contributed by atoms with Gasteiger partial charge in [0.05, 0.1) is 17.8 Å². The van der Waals surface area contributed by atoms with Gasteiger partial charge in [0, 0.05) is 44.3 Å². The molecule has 8 heteroatoms. The van der Waals surface area contributed by atoms with Gasteiger partial charge >= 0.3 is 0 Å². The molecule has 0 unspecified atom stereocenters. The van der Waals surface area contributed by atoms with E-state index in [0.717, 1.165) is 37.7 Å². The van der Waals surface area contributed by atoms with E-state index in [9.17, 15) is 9.59 Å². The normalized spacial score (nSPS) is 15.2. The molecule has 156 valence electrons. The highest BCUT2D eigenvalue weighted by Gasteiger charge is 2.19. The van der Waals surface area contributed by atoms with Crippen molar-refractivity contribution in [2.24, 2.45) is 5.92 Å². The summed E-state index contributed by atoms with van der Waals surface area (Å²) in [6.45, 7) is 8.49. The molecule has 2 amide bonds. The molecule has 1 aromatic carbocycles. The van der Waals surface area contributed by atoms with Crippen molar-refractivity contribution in [2.45, 2.75) is 20.3 Å². The maximum Gasteiger partial charge on any atom is 0.253 e. The van der Waals surface area contributed by atoms with Gasteiger partial charge in [0.1, 0.15) is 0 Å². The fourth-order valence-electron chi connectivity index (χ4n) is 3.27. The van der Waals surface area contributed by atoms with Crippen LogP contribution in [0, 0.1) is 5.92 Å². The van der Waals surface area contributed by atoms with Crippen LogP contribution in [0.5, 0.6) is 0 Å². The number of nitrogens with zero attached hydrogens (tertiary/aromatic N) is 3. The van der Waals surface area contributed by atoms with Crippen molar-refractivity contribution in [3.63, 3.8) is 0 Å². The summed E-state index contributed by atoms with van der Waals surface area (Å²) in [7, 11) is 0. The molecule has 0 aliphatic carbocycles. The first kappa shape index (κ1) is 21.3. The Labute approximate surface area is 176 Å². The second-order valence-corrected chi connectivity index (χ2v) is 8.50. The van der Waals surface area contributed by atoms with Gasteiger partial charge in [-0.25, -0.2) is 4.98 Å². The van der Waals surface area contributed by atoms with Crippen LogP contribution in [0.2, 0.25) is 0 Å². The van der Waals surface area contributed by atoms with Crippen LogP contribution >= 0.6 is 11.3 Å². The molecule has 0 atom stereocenters. The number of carbonyl (C=O) groups excluding carboxylic acids is 2. The highest BCUT2D eigenvalue weighted by atomic mass is 32.1. The second-order valence-electron chi connectivity index (χ2n) is 7.63. The minimum Gasteiger partial charge on any atom is -0.352 e. The quantitative estimate of drug-likeness (QED) is 0.727. The molecule has 1 fully saturated rings. The van der Waals surface area contributed by atoms with Crippen LogP contribution < -0.4 is 15.5 Å². The first-order valence-corrected chi connectivity index (χ1v) is 10.9. The Morgan fingerprint density at radius 3 is 2.76 bits per heavy atom. The van der Waals surface area contributed by atoms with E-state index < -0.39 is 0 Å². The number of anilines is 2. The van der Waals surface area contributed by atoms with E-state index in [0.29, 0.717) is 30.3 Å². The summed E-state index contributed by atoms with van der Waals surface area (Å²) in [4.78, 5) is 33.9. The van der Waals surface area contributed by atoms with Gasteiger partial charge in [0.15, 0.2) is 5.13 Å². The van der Waals surface area contributed by atoms with Gasteiger partial charge in [-0.15, -0.1) is 11.3 Å². The van der Waals surface area contributed by atoms with Gasteiger partial charge in [-0.3, -0.25) is 14.5 Å². The lowest BCUT2D eigenvalue weighted by molar-refractivity contribution is -0.117. The maximum atomic E-state index is 12.6. The van der Waals surface area contributed by atoms with E-state index in [1.165, 1.54) is 0 Å². The number of thiazole rings is 1. The summed E-state index contributed by atoms with van der Waals surface area (Å²) in [6, 6.07) is 7.15. The molecule has 1 aliphatic heterocycles. The zero-order valence-corrected chi connectivity index (χ0v) is 17.9. The Balaban J connectivity index is 1.55. The Morgan fingerprint density at radius 1 is 1.17 bits per heavy atom. The topological polar surface area (TPSA) is 77.6 Å². The van der Waals surface area contributed by atoms with Crippen LogP contribution in [-0.2, 0) is 4.79 Å². The maximum absolute atomic E-state index is 12.6. The average Bonchev–Trinajstić information content (AvgIpc) is 3.14. The van der Waals surface area contributed by atoms with E-state index >= 15 is 0 Å². The summed E-state index contributed by atoms with van der Waals surface area (Å²) in [6.07, 6.45) is 2.81. The van der Waals surface area contributed by atoms with Gasteiger partial charge in [0.25, 0.3) is 5.91 Å². The van der Waals surface area contributed by atoms with Gasteiger partial charge in [-0.05, 0) is 24.5 Å². The lowest BCUT2D eigenvalue weighted by Crippen LogP contribution is -2.36. The molecular weight excluding hydrogens is 386 g/mol. The predicted octanol–water partition coefficient (Wildman–Crippen LogP) is 2.68. The third-order valence-corrected chi connectivity index (χ3v) is 5.59. The minimum atomic E-state index is -0.163. The van der Waals surface area contributed by atoms with Crippen molar-refractivity contribution < 1.29 is 9.59 Å². The molecule has 0 bridgehead atoms. The van der Waals surface area contributed by atoms with Crippen molar-refractivity contribution in [1.29, 1.82) is 0 Å². The average molecular weight is 416 g/mol. The predicted molar refractivity (Wildman–Crippen MR) is 118 cm³/mol. The first-order chi connectivity index (χ1) is 14.0. The molecule has 1 aromatic heterocycles. The third kappa shape index (κ3) is 6.27. The second kappa shape index (κ2) is 10.4. The summed E-state index contributed by atoms with van der Waals surface area (Å²) in [5, 5.41) is 8.85. The van der Waals surface area contributed by atoms with Crippen molar-refractivity contribution in [1.82, 2.24) is 15.2 Å². The zero-order valence-electron chi connectivity index (χ0n) is 17.1. The van der Waals surface area contributed by atoms with E-state index in [2.05, 4.69) is 25.4 Å². The number of carbonyl (C=O) groups is 2. The van der Waals surface area contributed by atoms with Crippen molar-refractivity contribution in [3.05, 3.63) is 41.4 Å². The summed E-state index contributed by atoms with van der Waals surface area (Å²) < 4.78 is 0. The van der Waals surface area contributed by atoms with Crippen LogP contribution in [0.15, 0.2) is 35.8 Å². The Bertz CT molecular complexity index is 809. The fraction of sp³-hybridized carbons (Fsp3) is 0.476. The molecule has 29 heavy (non-hydrogen) atoms. The number of aromatic nitrogens is 1. The number of rotatable bonds is 7. The molecule has 1 saturated heterocycles. The summed E-state index contributed by atoms with van der Waals surface area (Å²) in [5.41, 5.74) is 1.05. The molecular formula is C21H29N5O2S. The Kier molecular flexibility index (Phi) is 7.60. The van der Waals surface area contributed by atoms with E-state index in [1.54, 1.807) is 23.5 Å². The highest BCUT2D eigenvalue weighted by Crippen LogP contribution is 2.19. The number of hydrogen-bond acceptors (Lipinski definition) is 6. The number of nitrogens with one attached hydrogen (secondary N) is 2. The zero-order chi connectivity index (χ0) is 20.6. The molecule has 2 heterocycles. The molecule has 2 aromatic rings. The van der Waals surface area contributed by atoms with Crippen LogP contribution in [0.3, 0.4) is 0 Å². The Hall–Kier alpha value is -2.45. The number of para-hydroxylation sites is 1. The standard InChI is InChI=1S/C21H29N5O2S/c1-16(2)14-23-20(28)17-6-3-4-7-18(17)24-19(27)15-25-9-5-10-26(12-11-25)21-22-8-13-29-21/h3-4,6-8,13,16H,5,9-12,14-15H2,1-2H3,(H,23,28)(H,24,27). The monoisotopic (exact) mass is 415 g/mol. The van der Waals surface area contributed by atoms with Crippen LogP contribution in [0.25, 0.3) is 0 Å². The minimum absolute atomic E-state index is 0.100. The van der Waals surface area contributed by atoms with Crippen molar-refractivity contribution >= 4 is 34.0 Å². The first-order valence-electron chi connectivity index (χ1n) is 10.1. The highest BCUT2D eigenvalue weighted by molar-refractivity contribution is 7.13. The molecule has 0 spiro atoms. The lowest BCUT2D eigenvalue weighted by atomic mass is 10.1. The van der Waals surface area contributed by atoms with Crippen LogP contribution in [0.4, 0.5) is 10.8 Å². The van der Waals surface area contributed by atoms with Gasteiger partial charge < -0.3 is 15.5 Å². The van der Waals surface area contributed by atoms with Gasteiger partial charge in [-0.2, -0.15) is 0 Å². The van der Waals surface area contributed by atoms with Crippen molar-refractivity contribution in [2.75, 3.05) is 49.5 Å². The Morgan fingerprint density at radius 2 is 2.00 bits per heavy atom. The molecule has 1 aliphatic rings. The third-order valence-electron chi connectivity index (χ3n) is 4.76. The molecule has 0 radical (unpaired) electrons. The molecule has 0 saturated carbocycles. The van der Waals surface area contributed by atoms with Crippen LogP contribution in [0.1, 0.15) is 30.6 Å². The number of benzene rings is 1. The fourth-order valence-corrected chi connectivity index (χ4v) is 3.96. The number of hydrogen-bond donors (Lipinski definition) is 2. The number of amides is 2. The SMILES string of the molecule is CC(C)CNC(=O)c1ccccc1NC(=O)CN1CCCN(c2nccs2)CC1. The van der Waals surface area contributed by atoms with E-state index in [-0.39, 0.29) is 11.8 Å². The van der Waals surface area contributed by atoms with E-state index in [1.807, 2.05) is 37.6 Å². The van der Waals surface area contributed by atoms with Crippen molar-refractivity contribution in [3.8, 4) is 0 Å². The largest absolute Gasteiger partial charge is 0.352 e. The molecule has 3 rings (SSSR count). The summed E-state index contributed by atoms with van der Waals surface area (Å²) in [5.74, 6) is 0.105. The van der Waals surface area contributed by atoms with Crippen LogP contribution in [-0.4, -0.2) is 61.0 Å². The molecule has 2 N–H and O–H groups in total. The molecule has 7 nitrogen and oxygen atoms in total. The smallest absolute Gasteiger partial charge is 0.253 e.